The highest BCUT2D eigenvalue weighted by molar-refractivity contribution is 5.80. The lowest BCUT2D eigenvalue weighted by molar-refractivity contribution is -0.128. The summed E-state index contributed by atoms with van der Waals surface area (Å²) < 4.78 is 5.77. The fraction of sp³-hybridized carbons (Fsp3) is 0.433. The van der Waals surface area contributed by atoms with Crippen LogP contribution in [0.2, 0.25) is 0 Å². The number of nitrogens with zero attached hydrogens (tertiary/aromatic N) is 3. The molecule has 1 atom stereocenters. The quantitative estimate of drug-likeness (QED) is 0.634. The van der Waals surface area contributed by atoms with Crippen molar-refractivity contribution in [3.8, 4) is 0 Å². The summed E-state index contributed by atoms with van der Waals surface area (Å²) >= 11 is 0. The summed E-state index contributed by atoms with van der Waals surface area (Å²) in [6, 6.07) is 19.0. The molecule has 1 N–H and O–H groups in total. The number of ether oxygens (including phenoxy) is 1. The fourth-order valence-electron chi connectivity index (χ4n) is 5.60. The number of hydrogen-bond donors (Lipinski definition) is 1. The maximum Gasteiger partial charge on any atom is 0.230 e. The molecule has 2 aliphatic heterocycles. The van der Waals surface area contributed by atoms with Gasteiger partial charge in [0, 0.05) is 63.6 Å². The van der Waals surface area contributed by atoms with Crippen molar-refractivity contribution < 1.29 is 9.53 Å². The summed E-state index contributed by atoms with van der Waals surface area (Å²) in [7, 11) is 3.98. The second-order valence-electron chi connectivity index (χ2n) is 10.1. The van der Waals surface area contributed by atoms with Crippen LogP contribution in [0, 0.1) is 0 Å². The molecular weight excluding hydrogens is 448 g/mol. The summed E-state index contributed by atoms with van der Waals surface area (Å²) in [5, 5.41) is 3.45. The predicted molar refractivity (Wildman–Crippen MR) is 144 cm³/mol. The SMILES string of the molecule is COC1=C2CCN(C(=O)Cc3ccc(NCc4ccccc4)cc3)C=C2C(N2CCN(C)CC2)CC1. The summed E-state index contributed by atoms with van der Waals surface area (Å²) in [5.74, 6) is 1.27. The Bertz CT molecular complexity index is 1100. The van der Waals surface area contributed by atoms with Gasteiger partial charge in [-0.2, -0.15) is 0 Å². The molecule has 0 bridgehead atoms. The highest BCUT2D eigenvalue weighted by atomic mass is 16.5. The first-order valence-electron chi connectivity index (χ1n) is 13.2. The Hall–Kier alpha value is -3.09. The largest absolute Gasteiger partial charge is 0.501 e. The molecule has 0 aromatic heterocycles. The number of carbonyl (C=O) groups is 1. The maximum atomic E-state index is 13.3. The number of fused-ring (bicyclic) bond motifs is 1. The molecule has 3 aliphatic rings. The number of carbonyl (C=O) groups excluding carboxylic acids is 1. The monoisotopic (exact) mass is 486 g/mol. The number of amides is 1. The van der Waals surface area contributed by atoms with Crippen LogP contribution in [0.5, 0.6) is 0 Å². The first kappa shape index (κ1) is 24.6. The molecular formula is C30H38N4O2. The van der Waals surface area contributed by atoms with Crippen molar-refractivity contribution in [1.82, 2.24) is 14.7 Å². The van der Waals surface area contributed by atoms with Crippen molar-refractivity contribution in [2.45, 2.75) is 38.3 Å². The summed E-state index contributed by atoms with van der Waals surface area (Å²) in [4.78, 5) is 20.3. The molecule has 1 amide bonds. The topological polar surface area (TPSA) is 48.1 Å². The van der Waals surface area contributed by atoms with Crippen molar-refractivity contribution in [1.29, 1.82) is 0 Å². The van der Waals surface area contributed by atoms with Gasteiger partial charge in [0.1, 0.15) is 0 Å². The van der Waals surface area contributed by atoms with E-state index in [1.165, 1.54) is 16.7 Å². The number of likely N-dealkylation sites (N-methyl/N-ethyl adjacent to an activating group) is 1. The zero-order valence-electron chi connectivity index (χ0n) is 21.6. The van der Waals surface area contributed by atoms with E-state index < -0.39 is 0 Å². The number of anilines is 1. The van der Waals surface area contributed by atoms with Gasteiger partial charge in [0.2, 0.25) is 5.91 Å². The fourth-order valence-corrected chi connectivity index (χ4v) is 5.60. The molecule has 1 fully saturated rings. The van der Waals surface area contributed by atoms with Gasteiger partial charge in [-0.25, -0.2) is 0 Å². The Kier molecular flexibility index (Phi) is 7.73. The molecule has 6 heteroatoms. The standard InChI is InChI=1S/C30H38N4O2/c1-32-16-18-33(19-17-32)28-12-13-29(36-2)26-14-15-34(22-27(26)28)30(35)20-23-8-10-25(11-9-23)31-21-24-6-4-3-5-7-24/h3-11,22,28,31H,12-21H2,1-2H3. The van der Waals surface area contributed by atoms with Crippen LogP contribution in [0.3, 0.4) is 0 Å². The molecule has 0 spiro atoms. The lowest BCUT2D eigenvalue weighted by atomic mass is 9.83. The van der Waals surface area contributed by atoms with Crippen molar-refractivity contribution >= 4 is 11.6 Å². The molecule has 2 heterocycles. The third-order valence-electron chi connectivity index (χ3n) is 7.78. The molecule has 2 aromatic carbocycles. The van der Waals surface area contributed by atoms with Gasteiger partial charge in [0.25, 0.3) is 0 Å². The number of benzene rings is 2. The van der Waals surface area contributed by atoms with Crippen LogP contribution in [0.15, 0.2) is 77.7 Å². The number of rotatable bonds is 7. The Balaban J connectivity index is 1.25. The van der Waals surface area contributed by atoms with Crippen molar-refractivity contribution in [2.75, 3.05) is 52.2 Å². The highest BCUT2D eigenvalue weighted by Gasteiger charge is 2.35. The van der Waals surface area contributed by atoms with E-state index in [-0.39, 0.29) is 5.91 Å². The third kappa shape index (κ3) is 5.66. The van der Waals surface area contributed by atoms with Crippen LogP contribution < -0.4 is 5.32 Å². The highest BCUT2D eigenvalue weighted by Crippen LogP contribution is 2.38. The molecule has 1 unspecified atom stereocenters. The molecule has 6 nitrogen and oxygen atoms in total. The second-order valence-corrected chi connectivity index (χ2v) is 10.1. The van der Waals surface area contributed by atoms with E-state index in [1.54, 1.807) is 7.11 Å². The smallest absolute Gasteiger partial charge is 0.230 e. The van der Waals surface area contributed by atoms with Gasteiger partial charge < -0.3 is 19.9 Å². The van der Waals surface area contributed by atoms with Crippen LogP contribution in [0.25, 0.3) is 0 Å². The number of methoxy groups -OCH3 is 1. The minimum absolute atomic E-state index is 0.160. The predicted octanol–water partition coefficient (Wildman–Crippen LogP) is 4.27. The lowest BCUT2D eigenvalue weighted by Gasteiger charge is -2.43. The molecule has 0 saturated carbocycles. The molecule has 36 heavy (non-hydrogen) atoms. The number of nitrogens with one attached hydrogen (secondary N) is 1. The summed E-state index contributed by atoms with van der Waals surface area (Å²) in [5.41, 5.74) is 5.97. The van der Waals surface area contributed by atoms with Gasteiger partial charge in [-0.05, 0) is 54.3 Å². The van der Waals surface area contributed by atoms with E-state index in [9.17, 15) is 4.79 Å². The first-order valence-corrected chi connectivity index (χ1v) is 13.2. The van der Waals surface area contributed by atoms with E-state index in [2.05, 4.69) is 76.9 Å². The molecule has 1 aliphatic carbocycles. The normalized spacial score (nSPS) is 21.1. The first-order chi connectivity index (χ1) is 17.6. The van der Waals surface area contributed by atoms with Gasteiger partial charge in [-0.1, -0.05) is 42.5 Å². The number of piperazine rings is 1. The Morgan fingerprint density at radius 3 is 2.42 bits per heavy atom. The van der Waals surface area contributed by atoms with E-state index >= 15 is 0 Å². The molecule has 2 aromatic rings. The van der Waals surface area contributed by atoms with Crippen LogP contribution in [-0.4, -0.2) is 73.5 Å². The van der Waals surface area contributed by atoms with Crippen LogP contribution in [0.4, 0.5) is 5.69 Å². The van der Waals surface area contributed by atoms with Crippen LogP contribution >= 0.6 is 0 Å². The summed E-state index contributed by atoms with van der Waals surface area (Å²) in [6.45, 7) is 5.85. The van der Waals surface area contributed by atoms with Gasteiger partial charge in [0.15, 0.2) is 0 Å². The average Bonchev–Trinajstić information content (AvgIpc) is 2.93. The molecule has 1 saturated heterocycles. The average molecular weight is 487 g/mol. The zero-order chi connectivity index (χ0) is 24.9. The molecule has 190 valence electrons. The zero-order valence-corrected chi connectivity index (χ0v) is 21.6. The van der Waals surface area contributed by atoms with Crippen LogP contribution in [0.1, 0.15) is 30.4 Å². The van der Waals surface area contributed by atoms with Crippen molar-refractivity contribution in [3.05, 3.63) is 88.8 Å². The Morgan fingerprint density at radius 2 is 1.69 bits per heavy atom. The minimum Gasteiger partial charge on any atom is -0.501 e. The van der Waals surface area contributed by atoms with Gasteiger partial charge in [0.05, 0.1) is 19.3 Å². The molecule has 0 radical (unpaired) electrons. The minimum atomic E-state index is 0.160. The third-order valence-corrected chi connectivity index (χ3v) is 7.78. The number of hydrogen-bond acceptors (Lipinski definition) is 5. The van der Waals surface area contributed by atoms with E-state index in [1.807, 2.05) is 11.0 Å². The van der Waals surface area contributed by atoms with Gasteiger partial charge in [-0.3, -0.25) is 9.69 Å². The maximum absolute atomic E-state index is 13.3. The van der Waals surface area contributed by atoms with Gasteiger partial charge >= 0.3 is 0 Å². The van der Waals surface area contributed by atoms with Gasteiger partial charge in [-0.15, -0.1) is 0 Å². The second kappa shape index (κ2) is 11.3. The van der Waals surface area contributed by atoms with E-state index in [4.69, 9.17) is 4.74 Å². The van der Waals surface area contributed by atoms with Crippen molar-refractivity contribution in [2.24, 2.45) is 0 Å². The van der Waals surface area contributed by atoms with E-state index in [0.717, 1.165) is 75.5 Å². The number of allylic oxidation sites excluding steroid dienone is 1. The Morgan fingerprint density at radius 1 is 0.944 bits per heavy atom. The summed E-state index contributed by atoms with van der Waals surface area (Å²) in [6.07, 6.45) is 5.46. The lowest BCUT2D eigenvalue weighted by Crippen LogP contribution is -2.51. The molecule has 5 rings (SSSR count). The van der Waals surface area contributed by atoms with E-state index in [0.29, 0.717) is 12.5 Å². The van der Waals surface area contributed by atoms with Crippen molar-refractivity contribution in [3.63, 3.8) is 0 Å². The van der Waals surface area contributed by atoms with Crippen LogP contribution in [-0.2, 0) is 22.5 Å². The Labute approximate surface area is 215 Å².